The highest BCUT2D eigenvalue weighted by Crippen LogP contribution is 2.26. The van der Waals surface area contributed by atoms with E-state index in [1.165, 1.54) is 5.56 Å². The van der Waals surface area contributed by atoms with E-state index < -0.39 is 0 Å². The molecule has 2 aromatic rings. The number of carbonyl (C=O) groups excluding carboxylic acids is 2. The van der Waals surface area contributed by atoms with Crippen molar-refractivity contribution < 1.29 is 9.59 Å². The van der Waals surface area contributed by atoms with Gasteiger partial charge in [-0.05, 0) is 31.5 Å². The summed E-state index contributed by atoms with van der Waals surface area (Å²) in [5, 5.41) is 4.85. The lowest BCUT2D eigenvalue weighted by atomic mass is 10.1. The predicted octanol–water partition coefficient (Wildman–Crippen LogP) is 3.23. The van der Waals surface area contributed by atoms with Crippen LogP contribution < -0.4 is 5.32 Å². The van der Waals surface area contributed by atoms with Gasteiger partial charge in [-0.1, -0.05) is 23.9 Å². The number of thioether (sulfide) groups is 1. The molecule has 27 heavy (non-hydrogen) atoms. The lowest BCUT2D eigenvalue weighted by Gasteiger charge is -2.34. The number of rotatable bonds is 5. The van der Waals surface area contributed by atoms with Crippen molar-refractivity contribution >= 4 is 35.0 Å². The molecule has 3 amide bonds. The van der Waals surface area contributed by atoms with Gasteiger partial charge in [0.1, 0.15) is 4.34 Å². The molecule has 0 atom stereocenters. The van der Waals surface area contributed by atoms with Crippen LogP contribution in [-0.4, -0.2) is 59.4 Å². The Hall–Kier alpha value is -2.06. The second-order valence-corrected chi connectivity index (χ2v) is 8.44. The molecular formula is C19H24N4O2S2. The molecule has 6 nitrogen and oxygen atoms in total. The van der Waals surface area contributed by atoms with Gasteiger partial charge in [-0.3, -0.25) is 4.79 Å². The van der Waals surface area contributed by atoms with Crippen molar-refractivity contribution in [3.63, 3.8) is 0 Å². The maximum atomic E-state index is 12.7. The van der Waals surface area contributed by atoms with E-state index in [1.807, 2.05) is 43.0 Å². The largest absolute Gasteiger partial charge is 0.338 e. The molecule has 1 aromatic carbocycles. The fourth-order valence-electron chi connectivity index (χ4n) is 2.85. The van der Waals surface area contributed by atoms with Gasteiger partial charge in [-0.25, -0.2) is 9.78 Å². The number of aromatic nitrogens is 1. The third kappa shape index (κ3) is 5.23. The van der Waals surface area contributed by atoms with Crippen molar-refractivity contribution in [2.24, 2.45) is 0 Å². The molecular weight excluding hydrogens is 380 g/mol. The molecule has 3 rings (SSSR count). The first kappa shape index (κ1) is 19.7. The molecule has 8 heteroatoms. The molecule has 1 aromatic heterocycles. The Labute approximate surface area is 168 Å². The summed E-state index contributed by atoms with van der Waals surface area (Å²) in [5.41, 5.74) is 2.92. The first-order chi connectivity index (χ1) is 13.1. The van der Waals surface area contributed by atoms with Crippen LogP contribution in [0.3, 0.4) is 0 Å². The molecule has 1 N–H and O–H groups in total. The van der Waals surface area contributed by atoms with Crippen molar-refractivity contribution in [1.82, 2.24) is 20.1 Å². The van der Waals surface area contributed by atoms with Crippen LogP contribution >= 0.6 is 23.1 Å². The van der Waals surface area contributed by atoms with Crippen LogP contribution in [0.2, 0.25) is 0 Å². The second kappa shape index (κ2) is 9.23. The van der Waals surface area contributed by atoms with Gasteiger partial charge in [0.05, 0.1) is 0 Å². The molecule has 1 aliphatic rings. The summed E-state index contributed by atoms with van der Waals surface area (Å²) in [6, 6.07) is 7.74. The smallest absolute Gasteiger partial charge is 0.317 e. The molecule has 1 saturated heterocycles. The lowest BCUT2D eigenvalue weighted by molar-refractivity contribution is 0.0665. The van der Waals surface area contributed by atoms with Crippen LogP contribution in [0.1, 0.15) is 28.5 Å². The van der Waals surface area contributed by atoms with Crippen LogP contribution in [0.5, 0.6) is 0 Å². The monoisotopic (exact) mass is 404 g/mol. The van der Waals surface area contributed by atoms with Crippen LogP contribution in [0.25, 0.3) is 0 Å². The van der Waals surface area contributed by atoms with Gasteiger partial charge in [-0.15, -0.1) is 11.3 Å². The minimum absolute atomic E-state index is 0.0281. The number of benzene rings is 1. The van der Waals surface area contributed by atoms with E-state index in [-0.39, 0.29) is 11.9 Å². The molecule has 2 heterocycles. The number of aryl methyl sites for hydroxylation is 1. The fraction of sp³-hybridized carbons (Fsp3) is 0.421. The standard InChI is InChI=1S/C19H24N4O2S2/c1-3-20-18(25)23-10-8-22(9-11-23)17(24)16-6-4-15(5-7-16)13-27-19-21-14(2)12-26-19/h4-7,12H,3,8-11,13H2,1-2H3,(H,20,25). The number of nitrogens with zero attached hydrogens (tertiary/aromatic N) is 3. The summed E-state index contributed by atoms with van der Waals surface area (Å²) < 4.78 is 1.07. The molecule has 0 saturated carbocycles. The van der Waals surface area contributed by atoms with Crippen LogP contribution in [0, 0.1) is 6.92 Å². The zero-order chi connectivity index (χ0) is 19.2. The molecule has 0 radical (unpaired) electrons. The number of urea groups is 1. The minimum Gasteiger partial charge on any atom is -0.338 e. The van der Waals surface area contributed by atoms with E-state index in [0.29, 0.717) is 38.3 Å². The summed E-state index contributed by atoms with van der Waals surface area (Å²) in [7, 11) is 0. The van der Waals surface area contributed by atoms with E-state index in [1.54, 1.807) is 28.0 Å². The Balaban J connectivity index is 1.51. The third-order valence-electron chi connectivity index (χ3n) is 4.34. The molecule has 0 spiro atoms. The molecule has 0 bridgehead atoms. The predicted molar refractivity (Wildman–Crippen MR) is 109 cm³/mol. The summed E-state index contributed by atoms with van der Waals surface area (Å²) in [4.78, 5) is 32.6. The molecule has 0 aliphatic carbocycles. The number of amides is 3. The van der Waals surface area contributed by atoms with Gasteiger partial charge < -0.3 is 15.1 Å². The highest BCUT2D eigenvalue weighted by Gasteiger charge is 2.24. The Kier molecular flexibility index (Phi) is 6.73. The zero-order valence-corrected chi connectivity index (χ0v) is 17.2. The van der Waals surface area contributed by atoms with Gasteiger partial charge in [0.2, 0.25) is 0 Å². The quantitative estimate of drug-likeness (QED) is 0.777. The number of thiazole rings is 1. The maximum Gasteiger partial charge on any atom is 0.317 e. The number of nitrogens with one attached hydrogen (secondary N) is 1. The zero-order valence-electron chi connectivity index (χ0n) is 15.6. The summed E-state index contributed by atoms with van der Waals surface area (Å²) in [5.74, 6) is 0.868. The van der Waals surface area contributed by atoms with Crippen LogP contribution in [-0.2, 0) is 5.75 Å². The topological polar surface area (TPSA) is 65.5 Å². The van der Waals surface area contributed by atoms with E-state index in [4.69, 9.17) is 0 Å². The average molecular weight is 405 g/mol. The maximum absolute atomic E-state index is 12.7. The van der Waals surface area contributed by atoms with Crippen molar-refractivity contribution in [1.29, 1.82) is 0 Å². The van der Waals surface area contributed by atoms with Crippen molar-refractivity contribution in [2.45, 2.75) is 23.9 Å². The highest BCUT2D eigenvalue weighted by atomic mass is 32.2. The molecule has 144 valence electrons. The third-order valence-corrected chi connectivity index (χ3v) is 6.55. The van der Waals surface area contributed by atoms with Gasteiger partial charge in [-0.2, -0.15) is 0 Å². The van der Waals surface area contributed by atoms with Crippen LogP contribution in [0.15, 0.2) is 34.0 Å². The Morgan fingerprint density at radius 3 is 2.41 bits per heavy atom. The molecule has 1 fully saturated rings. The lowest BCUT2D eigenvalue weighted by Crippen LogP contribution is -2.53. The van der Waals surface area contributed by atoms with Gasteiger partial charge in [0.25, 0.3) is 5.91 Å². The Morgan fingerprint density at radius 1 is 1.15 bits per heavy atom. The number of hydrogen-bond acceptors (Lipinski definition) is 5. The van der Waals surface area contributed by atoms with Crippen molar-refractivity contribution in [3.8, 4) is 0 Å². The van der Waals surface area contributed by atoms with Crippen LogP contribution in [0.4, 0.5) is 4.79 Å². The van der Waals surface area contributed by atoms with E-state index in [9.17, 15) is 9.59 Å². The van der Waals surface area contributed by atoms with E-state index >= 15 is 0 Å². The number of hydrogen-bond donors (Lipinski definition) is 1. The Bertz CT molecular complexity index is 783. The summed E-state index contributed by atoms with van der Waals surface area (Å²) in [6.07, 6.45) is 0. The molecule has 0 unspecified atom stereocenters. The first-order valence-corrected chi connectivity index (χ1v) is 10.9. The normalized spacial score (nSPS) is 14.3. The first-order valence-electron chi connectivity index (χ1n) is 9.02. The average Bonchev–Trinajstić information content (AvgIpc) is 3.12. The fourth-order valence-corrected chi connectivity index (χ4v) is 4.65. The summed E-state index contributed by atoms with van der Waals surface area (Å²) in [6.45, 7) is 6.78. The van der Waals surface area contributed by atoms with Crippen molar-refractivity contribution in [2.75, 3.05) is 32.7 Å². The van der Waals surface area contributed by atoms with E-state index in [0.717, 1.165) is 15.8 Å². The number of carbonyl (C=O) groups is 2. The highest BCUT2D eigenvalue weighted by molar-refractivity contribution is 8.00. The van der Waals surface area contributed by atoms with Gasteiger partial charge >= 0.3 is 6.03 Å². The van der Waals surface area contributed by atoms with E-state index in [2.05, 4.69) is 15.7 Å². The minimum atomic E-state index is -0.0538. The summed E-state index contributed by atoms with van der Waals surface area (Å²) >= 11 is 3.37. The second-order valence-electron chi connectivity index (χ2n) is 6.36. The van der Waals surface area contributed by atoms with Gasteiger partial charge in [0.15, 0.2) is 0 Å². The Morgan fingerprint density at radius 2 is 1.81 bits per heavy atom. The molecule has 1 aliphatic heterocycles. The van der Waals surface area contributed by atoms with Crippen molar-refractivity contribution in [3.05, 3.63) is 46.5 Å². The number of piperazine rings is 1. The van der Waals surface area contributed by atoms with Gasteiger partial charge in [0, 0.05) is 55.1 Å². The SMILES string of the molecule is CCNC(=O)N1CCN(C(=O)c2ccc(CSc3nc(C)cs3)cc2)CC1.